The second-order valence-corrected chi connectivity index (χ2v) is 8.39. The summed E-state index contributed by atoms with van der Waals surface area (Å²) in [6.45, 7) is 2.34. The molecule has 3 rings (SSSR count). The molecule has 146 valence electrons. The summed E-state index contributed by atoms with van der Waals surface area (Å²) in [6, 6.07) is 11.3. The number of thioether (sulfide) groups is 1. The Balaban J connectivity index is 1.36. The molecule has 2 heterocycles. The van der Waals surface area contributed by atoms with Crippen LogP contribution in [0.15, 0.2) is 42.7 Å². The number of carbonyl (C=O) groups excluding carboxylic acids is 1. The Morgan fingerprint density at radius 2 is 2.07 bits per heavy atom. The maximum absolute atomic E-state index is 11.4. The molecule has 2 aromatic rings. The molecule has 0 fully saturated rings. The molecule has 0 spiro atoms. The van der Waals surface area contributed by atoms with Crippen LogP contribution in [0.4, 0.5) is 0 Å². The van der Waals surface area contributed by atoms with Gasteiger partial charge >= 0.3 is 5.97 Å². The lowest BCUT2D eigenvalue weighted by Gasteiger charge is -2.16. The molecule has 1 aliphatic heterocycles. The van der Waals surface area contributed by atoms with Crippen LogP contribution in [0.5, 0.6) is 0 Å². The zero-order valence-corrected chi connectivity index (χ0v) is 17.0. The molecule has 1 aromatic carbocycles. The highest BCUT2D eigenvalue weighted by atomic mass is 32.2. The van der Waals surface area contributed by atoms with E-state index in [9.17, 15) is 4.79 Å². The number of carbonyl (C=O) groups is 1. The van der Waals surface area contributed by atoms with Gasteiger partial charge in [-0.2, -0.15) is 11.8 Å². The van der Waals surface area contributed by atoms with Crippen molar-refractivity contribution in [1.29, 1.82) is 0 Å². The molecule has 27 heavy (non-hydrogen) atoms. The van der Waals surface area contributed by atoms with Gasteiger partial charge in [-0.3, -0.25) is 4.79 Å². The van der Waals surface area contributed by atoms with Gasteiger partial charge in [0, 0.05) is 24.1 Å². The molecular weight excluding hydrogens is 356 g/mol. The van der Waals surface area contributed by atoms with Crippen molar-refractivity contribution in [2.75, 3.05) is 12.4 Å². The first-order valence-electron chi connectivity index (χ1n) is 10.1. The third-order valence-electron chi connectivity index (χ3n) is 5.01. The van der Waals surface area contributed by atoms with Gasteiger partial charge in [0.15, 0.2) is 0 Å². The molecular formula is C22H30N2O2S. The molecule has 0 saturated heterocycles. The van der Waals surface area contributed by atoms with Gasteiger partial charge in [-0.05, 0) is 50.3 Å². The van der Waals surface area contributed by atoms with Crippen LogP contribution < -0.4 is 0 Å². The minimum absolute atomic E-state index is 0.0626. The van der Waals surface area contributed by atoms with Gasteiger partial charge in [-0.1, -0.05) is 36.8 Å². The summed E-state index contributed by atoms with van der Waals surface area (Å²) >= 11 is 2.08. The first kappa shape index (κ1) is 20.0. The number of ether oxygens (including phenoxy) is 1. The fraction of sp³-hybridized carbons (Fsp3) is 0.545. The van der Waals surface area contributed by atoms with Gasteiger partial charge in [-0.25, -0.2) is 4.98 Å². The van der Waals surface area contributed by atoms with Crippen LogP contribution in [-0.2, 0) is 16.0 Å². The monoisotopic (exact) mass is 386 g/mol. The van der Waals surface area contributed by atoms with Crippen LogP contribution in [0, 0.1) is 0 Å². The van der Waals surface area contributed by atoms with E-state index in [1.54, 1.807) is 0 Å². The number of hydrogen-bond acceptors (Lipinski definition) is 4. The van der Waals surface area contributed by atoms with E-state index in [0.29, 0.717) is 24.3 Å². The molecule has 0 bridgehead atoms. The third kappa shape index (κ3) is 6.13. The summed E-state index contributed by atoms with van der Waals surface area (Å²) in [6.07, 6.45) is 11.3. The number of esters is 1. The van der Waals surface area contributed by atoms with E-state index in [0.717, 1.165) is 31.4 Å². The van der Waals surface area contributed by atoms with Crippen molar-refractivity contribution in [3.8, 4) is 0 Å². The van der Waals surface area contributed by atoms with Crippen molar-refractivity contribution < 1.29 is 9.53 Å². The van der Waals surface area contributed by atoms with Crippen LogP contribution in [-0.4, -0.2) is 33.1 Å². The Morgan fingerprint density at radius 1 is 1.22 bits per heavy atom. The molecule has 5 heteroatoms. The van der Waals surface area contributed by atoms with Gasteiger partial charge in [0.2, 0.25) is 0 Å². The molecule has 0 saturated carbocycles. The second-order valence-electron chi connectivity index (χ2n) is 7.04. The lowest BCUT2D eigenvalue weighted by molar-refractivity contribution is -0.143. The molecule has 0 radical (unpaired) electrons. The number of nitrogens with zero attached hydrogens (tertiary/aromatic N) is 2. The fourth-order valence-corrected chi connectivity index (χ4v) is 5.00. The zero-order valence-electron chi connectivity index (χ0n) is 16.2. The third-order valence-corrected chi connectivity index (χ3v) is 6.45. The Labute approximate surface area is 166 Å². The number of benzene rings is 1. The molecule has 0 aliphatic carbocycles. The van der Waals surface area contributed by atoms with Crippen molar-refractivity contribution in [2.45, 2.75) is 63.2 Å². The van der Waals surface area contributed by atoms with E-state index in [4.69, 9.17) is 4.74 Å². The number of hydrogen-bond donors (Lipinski definition) is 0. The second kappa shape index (κ2) is 10.5. The SMILES string of the molecule is CCOC(=O)CCCCCSC(CCCc1ccccc1)C1c2nccn21. The van der Waals surface area contributed by atoms with Crippen LogP contribution in [0.3, 0.4) is 0 Å². The quantitative estimate of drug-likeness (QED) is 0.357. The lowest BCUT2D eigenvalue weighted by Crippen LogP contribution is -2.09. The van der Waals surface area contributed by atoms with E-state index in [2.05, 4.69) is 57.8 Å². The first-order chi connectivity index (χ1) is 13.3. The molecule has 1 aromatic heterocycles. The fourth-order valence-electron chi connectivity index (χ4n) is 3.55. The van der Waals surface area contributed by atoms with Gasteiger partial charge in [0.05, 0.1) is 6.61 Å². The highest BCUT2D eigenvalue weighted by molar-refractivity contribution is 7.99. The molecule has 0 N–H and O–H groups in total. The van der Waals surface area contributed by atoms with Crippen molar-refractivity contribution in [3.63, 3.8) is 0 Å². The first-order valence-corrected chi connectivity index (χ1v) is 11.2. The van der Waals surface area contributed by atoms with E-state index < -0.39 is 0 Å². The Morgan fingerprint density at radius 3 is 2.81 bits per heavy atom. The summed E-state index contributed by atoms with van der Waals surface area (Å²) in [5.74, 6) is 2.34. The van der Waals surface area contributed by atoms with E-state index in [1.807, 2.05) is 13.1 Å². The standard InChI is InChI=1S/C22H30N2O2S/c1-2-26-20(25)14-7-4-8-17-27-19(21-22-23-15-16-24(21)22)13-9-12-18-10-5-3-6-11-18/h3,5-6,10-11,15-16,19,21H,2,4,7-9,12-14,17H2,1H3. The van der Waals surface area contributed by atoms with E-state index >= 15 is 0 Å². The number of aryl methyl sites for hydroxylation is 1. The average Bonchev–Trinajstić information content (AvgIpc) is 3.14. The van der Waals surface area contributed by atoms with Crippen molar-refractivity contribution in [1.82, 2.24) is 9.55 Å². The Kier molecular flexibility index (Phi) is 7.81. The van der Waals surface area contributed by atoms with Gasteiger partial charge < -0.3 is 9.30 Å². The topological polar surface area (TPSA) is 44.1 Å². The van der Waals surface area contributed by atoms with Crippen LogP contribution in [0.2, 0.25) is 0 Å². The lowest BCUT2D eigenvalue weighted by atomic mass is 10.1. The highest BCUT2D eigenvalue weighted by Crippen LogP contribution is 2.43. The van der Waals surface area contributed by atoms with Crippen molar-refractivity contribution in [2.24, 2.45) is 0 Å². The van der Waals surface area contributed by atoms with E-state index in [1.165, 1.54) is 24.2 Å². The number of aromatic nitrogens is 2. The molecule has 1 aliphatic rings. The minimum Gasteiger partial charge on any atom is -0.466 e. The predicted molar refractivity (Wildman–Crippen MR) is 111 cm³/mol. The molecule has 2 unspecified atom stereocenters. The molecule has 2 atom stereocenters. The summed E-state index contributed by atoms with van der Waals surface area (Å²) in [4.78, 5) is 15.8. The van der Waals surface area contributed by atoms with E-state index in [-0.39, 0.29) is 5.97 Å². The predicted octanol–water partition coefficient (Wildman–Crippen LogP) is 5.03. The Bertz CT molecular complexity index is 683. The van der Waals surface area contributed by atoms with Crippen LogP contribution in [0.25, 0.3) is 0 Å². The summed E-state index contributed by atoms with van der Waals surface area (Å²) < 4.78 is 7.29. The van der Waals surface area contributed by atoms with Gasteiger partial charge in [0.25, 0.3) is 0 Å². The zero-order chi connectivity index (χ0) is 18.9. The smallest absolute Gasteiger partial charge is 0.305 e. The largest absolute Gasteiger partial charge is 0.466 e. The maximum atomic E-state index is 11.4. The maximum Gasteiger partial charge on any atom is 0.305 e. The molecule has 4 nitrogen and oxygen atoms in total. The highest BCUT2D eigenvalue weighted by Gasteiger charge is 2.40. The average molecular weight is 387 g/mol. The van der Waals surface area contributed by atoms with Gasteiger partial charge in [0.1, 0.15) is 11.9 Å². The molecule has 0 amide bonds. The number of imidazole rings is 1. The Hall–Kier alpha value is -1.75. The minimum atomic E-state index is -0.0626. The number of fused-ring (bicyclic) bond motifs is 1. The summed E-state index contributed by atoms with van der Waals surface area (Å²) in [7, 11) is 0. The normalized spacial score (nSPS) is 16.0. The van der Waals surface area contributed by atoms with Crippen molar-refractivity contribution in [3.05, 3.63) is 54.1 Å². The van der Waals surface area contributed by atoms with Crippen molar-refractivity contribution >= 4 is 17.7 Å². The van der Waals surface area contributed by atoms with Crippen LogP contribution in [0.1, 0.15) is 62.9 Å². The number of rotatable bonds is 13. The van der Waals surface area contributed by atoms with Crippen LogP contribution >= 0.6 is 11.8 Å². The summed E-state index contributed by atoms with van der Waals surface area (Å²) in [5.41, 5.74) is 1.42. The van der Waals surface area contributed by atoms with Gasteiger partial charge in [-0.15, -0.1) is 0 Å². The summed E-state index contributed by atoms with van der Waals surface area (Å²) in [5, 5.41) is 0.613. The number of unbranched alkanes of at least 4 members (excludes halogenated alkanes) is 2.